The van der Waals surface area contributed by atoms with Gasteiger partial charge in [0.05, 0.1) is 18.8 Å². The Morgan fingerprint density at radius 3 is 2.58 bits per heavy atom. The second-order valence-corrected chi connectivity index (χ2v) is 5.82. The molecule has 0 radical (unpaired) electrons. The van der Waals surface area contributed by atoms with Gasteiger partial charge in [0.25, 0.3) is 5.91 Å². The molecule has 2 aliphatic rings. The maximum Gasteiger partial charge on any atom is 0.409 e. The summed E-state index contributed by atoms with van der Waals surface area (Å²) >= 11 is 0. The van der Waals surface area contributed by atoms with Gasteiger partial charge in [0.1, 0.15) is 5.60 Å². The molecule has 0 aromatic heterocycles. The lowest BCUT2D eigenvalue weighted by atomic mass is 9.83. The summed E-state index contributed by atoms with van der Waals surface area (Å²) in [6.07, 6.45) is 0.368. The number of piperidine rings is 1. The van der Waals surface area contributed by atoms with Crippen LogP contribution in [0.1, 0.15) is 26.7 Å². The number of amides is 2. The van der Waals surface area contributed by atoms with Gasteiger partial charge in [-0.15, -0.1) is 0 Å². The van der Waals surface area contributed by atoms with E-state index in [9.17, 15) is 14.4 Å². The van der Waals surface area contributed by atoms with E-state index in [4.69, 9.17) is 14.2 Å². The quantitative estimate of drug-likeness (QED) is 0.582. The highest BCUT2D eigenvalue weighted by atomic mass is 16.6. The molecule has 2 amide bonds. The first-order valence-electron chi connectivity index (χ1n) is 8.08. The van der Waals surface area contributed by atoms with E-state index in [1.54, 1.807) is 25.9 Å². The van der Waals surface area contributed by atoms with Gasteiger partial charge < -0.3 is 24.4 Å². The highest BCUT2D eigenvalue weighted by molar-refractivity contribution is 6.07. The number of methoxy groups -OCH3 is 1. The first kappa shape index (κ1) is 18.3. The number of carbonyl (C=O) groups excluding carboxylic acids is 3. The number of hydrogen-bond donors (Lipinski definition) is 1. The minimum atomic E-state index is -0.957. The molecule has 1 spiro atoms. The van der Waals surface area contributed by atoms with Gasteiger partial charge in [0.15, 0.2) is 0 Å². The van der Waals surface area contributed by atoms with Gasteiger partial charge in [0, 0.05) is 45.2 Å². The largest absolute Gasteiger partial charge is 0.450 e. The number of hydrogen-bond acceptors (Lipinski definition) is 6. The maximum absolute atomic E-state index is 12.5. The number of esters is 1. The van der Waals surface area contributed by atoms with E-state index in [0.29, 0.717) is 56.8 Å². The van der Waals surface area contributed by atoms with Crippen LogP contribution in [-0.2, 0) is 23.8 Å². The zero-order valence-corrected chi connectivity index (χ0v) is 14.3. The van der Waals surface area contributed by atoms with E-state index in [2.05, 4.69) is 5.32 Å². The van der Waals surface area contributed by atoms with E-state index >= 15 is 0 Å². The lowest BCUT2D eigenvalue weighted by molar-refractivity contribution is -0.150. The van der Waals surface area contributed by atoms with Gasteiger partial charge in [-0.25, -0.2) is 9.59 Å². The van der Waals surface area contributed by atoms with Gasteiger partial charge in [0.2, 0.25) is 0 Å². The number of likely N-dealkylation sites (tertiary alicyclic amines) is 1. The maximum atomic E-state index is 12.5. The van der Waals surface area contributed by atoms with Crippen molar-refractivity contribution in [2.24, 2.45) is 0 Å². The van der Waals surface area contributed by atoms with Crippen LogP contribution in [0.5, 0.6) is 0 Å². The molecule has 0 atom stereocenters. The van der Waals surface area contributed by atoms with Crippen LogP contribution in [0.4, 0.5) is 4.79 Å². The van der Waals surface area contributed by atoms with Crippen LogP contribution in [0.25, 0.3) is 0 Å². The average molecular weight is 340 g/mol. The van der Waals surface area contributed by atoms with Crippen molar-refractivity contribution in [3.63, 3.8) is 0 Å². The van der Waals surface area contributed by atoms with E-state index in [-0.39, 0.29) is 12.0 Å². The summed E-state index contributed by atoms with van der Waals surface area (Å²) in [5, 5.41) is 2.74. The molecule has 0 aromatic rings. The molecule has 1 saturated heterocycles. The summed E-state index contributed by atoms with van der Waals surface area (Å²) < 4.78 is 15.5. The predicted molar refractivity (Wildman–Crippen MR) is 84.2 cm³/mol. The molecule has 1 fully saturated rings. The van der Waals surface area contributed by atoms with Crippen LogP contribution in [-0.4, -0.2) is 68.4 Å². The first-order chi connectivity index (χ1) is 11.4. The van der Waals surface area contributed by atoms with Gasteiger partial charge >= 0.3 is 12.1 Å². The first-order valence-corrected chi connectivity index (χ1v) is 8.08. The van der Waals surface area contributed by atoms with Crippen molar-refractivity contribution in [1.29, 1.82) is 0 Å². The summed E-state index contributed by atoms with van der Waals surface area (Å²) in [4.78, 5) is 37.9. The van der Waals surface area contributed by atoms with Crippen molar-refractivity contribution in [2.45, 2.75) is 32.3 Å². The lowest BCUT2D eigenvalue weighted by Gasteiger charge is -2.38. The molecule has 134 valence electrons. The van der Waals surface area contributed by atoms with E-state index in [1.165, 1.54) is 0 Å². The lowest BCUT2D eigenvalue weighted by Crippen LogP contribution is -2.50. The fourth-order valence-corrected chi connectivity index (χ4v) is 3.10. The minimum absolute atomic E-state index is 0.307. The van der Waals surface area contributed by atoms with Crippen LogP contribution in [0.3, 0.4) is 0 Å². The third kappa shape index (κ3) is 3.53. The van der Waals surface area contributed by atoms with Crippen molar-refractivity contribution in [2.75, 3.05) is 40.0 Å². The van der Waals surface area contributed by atoms with Crippen LogP contribution in [0.2, 0.25) is 0 Å². The second kappa shape index (κ2) is 7.65. The number of rotatable bonds is 5. The molecule has 1 N–H and O–H groups in total. The standard InChI is InChI=1S/C16H24N2O6/c1-4-23-15(21)18-8-5-16(6-9-18)12(11(2)14(20)24-16)13(19)17-7-10-22-3/h4-10H2,1-3H3,(H,17,19). The van der Waals surface area contributed by atoms with Gasteiger partial charge in [-0.05, 0) is 13.8 Å². The molecular formula is C16H24N2O6. The van der Waals surface area contributed by atoms with Gasteiger partial charge in [-0.2, -0.15) is 0 Å². The normalized spacial score (nSPS) is 19.5. The number of nitrogens with zero attached hydrogens (tertiary/aromatic N) is 1. The van der Waals surface area contributed by atoms with Crippen molar-refractivity contribution < 1.29 is 28.6 Å². The Morgan fingerprint density at radius 2 is 2.00 bits per heavy atom. The Bertz CT molecular complexity index is 549. The molecule has 0 aliphatic carbocycles. The van der Waals surface area contributed by atoms with Crippen LogP contribution in [0.15, 0.2) is 11.1 Å². The zero-order chi connectivity index (χ0) is 17.7. The molecule has 0 unspecified atom stereocenters. The van der Waals surface area contributed by atoms with Crippen molar-refractivity contribution in [3.8, 4) is 0 Å². The highest BCUT2D eigenvalue weighted by Gasteiger charge is 2.51. The number of carbonyl (C=O) groups is 3. The summed E-state index contributed by atoms with van der Waals surface area (Å²) in [5.74, 6) is -0.795. The smallest absolute Gasteiger partial charge is 0.409 e. The Hall–Kier alpha value is -2.09. The zero-order valence-electron chi connectivity index (χ0n) is 14.3. The van der Waals surface area contributed by atoms with Crippen LogP contribution < -0.4 is 5.32 Å². The SMILES string of the molecule is CCOC(=O)N1CCC2(CC1)OC(=O)C(C)=C2C(=O)NCCOC. The fraction of sp³-hybridized carbons (Fsp3) is 0.688. The summed E-state index contributed by atoms with van der Waals surface area (Å²) in [5.41, 5.74) is -0.261. The monoisotopic (exact) mass is 340 g/mol. The van der Waals surface area contributed by atoms with Crippen LogP contribution >= 0.6 is 0 Å². The molecule has 0 saturated carbocycles. The summed E-state index contributed by atoms with van der Waals surface area (Å²) in [7, 11) is 1.55. The van der Waals surface area contributed by atoms with E-state index in [0.717, 1.165) is 0 Å². The third-order valence-corrected chi connectivity index (χ3v) is 4.34. The summed E-state index contributed by atoms with van der Waals surface area (Å²) in [6, 6.07) is 0. The van der Waals surface area contributed by atoms with Crippen molar-refractivity contribution in [1.82, 2.24) is 10.2 Å². The molecule has 24 heavy (non-hydrogen) atoms. The topological polar surface area (TPSA) is 94.2 Å². The van der Waals surface area contributed by atoms with E-state index in [1.807, 2.05) is 0 Å². The molecule has 2 rings (SSSR count). The Morgan fingerprint density at radius 1 is 1.33 bits per heavy atom. The third-order valence-electron chi connectivity index (χ3n) is 4.34. The second-order valence-electron chi connectivity index (χ2n) is 5.82. The van der Waals surface area contributed by atoms with Gasteiger partial charge in [-0.3, -0.25) is 4.79 Å². The Labute approximate surface area is 141 Å². The van der Waals surface area contributed by atoms with E-state index < -0.39 is 11.6 Å². The molecule has 8 heteroatoms. The Kier molecular flexibility index (Phi) is 5.82. The molecular weight excluding hydrogens is 316 g/mol. The fourth-order valence-electron chi connectivity index (χ4n) is 3.10. The molecule has 8 nitrogen and oxygen atoms in total. The number of ether oxygens (including phenoxy) is 3. The van der Waals surface area contributed by atoms with Gasteiger partial charge in [-0.1, -0.05) is 0 Å². The van der Waals surface area contributed by atoms with Crippen molar-refractivity contribution >= 4 is 18.0 Å². The molecule has 0 bridgehead atoms. The number of nitrogens with one attached hydrogen (secondary N) is 1. The minimum Gasteiger partial charge on any atom is -0.450 e. The summed E-state index contributed by atoms with van der Waals surface area (Å²) in [6.45, 7) is 5.13. The predicted octanol–water partition coefficient (Wildman–Crippen LogP) is 0.613. The Balaban J connectivity index is 2.10. The molecule has 0 aromatic carbocycles. The molecule has 2 aliphatic heterocycles. The average Bonchev–Trinajstić information content (AvgIpc) is 2.79. The molecule has 2 heterocycles. The van der Waals surface area contributed by atoms with Crippen LogP contribution in [0, 0.1) is 0 Å². The van der Waals surface area contributed by atoms with Crippen molar-refractivity contribution in [3.05, 3.63) is 11.1 Å². The highest BCUT2D eigenvalue weighted by Crippen LogP contribution is 2.41.